The summed E-state index contributed by atoms with van der Waals surface area (Å²) in [6.07, 6.45) is 3.20. The van der Waals surface area contributed by atoms with Gasteiger partial charge in [-0.3, -0.25) is 0 Å². The van der Waals surface area contributed by atoms with Gasteiger partial charge in [-0.1, -0.05) is 22.9 Å². The molecular weight excluding hydrogens is 220 g/mol. The zero-order chi connectivity index (χ0) is 9.97. The van der Waals surface area contributed by atoms with E-state index in [9.17, 15) is 0 Å². The van der Waals surface area contributed by atoms with E-state index < -0.39 is 0 Å². The Kier molecular flexibility index (Phi) is 2.60. The van der Waals surface area contributed by atoms with Crippen molar-refractivity contribution in [1.82, 2.24) is 15.0 Å². The number of nitrogens with one attached hydrogen (secondary N) is 1. The van der Waals surface area contributed by atoms with E-state index in [4.69, 9.17) is 11.6 Å². The lowest BCUT2D eigenvalue weighted by Gasteiger charge is -1.94. The third-order valence-corrected chi connectivity index (χ3v) is 2.85. The van der Waals surface area contributed by atoms with E-state index in [-0.39, 0.29) is 0 Å². The predicted octanol–water partition coefficient (Wildman–Crippen LogP) is 2.30. The van der Waals surface area contributed by atoms with Crippen molar-refractivity contribution in [2.75, 3.05) is 12.4 Å². The van der Waals surface area contributed by atoms with Gasteiger partial charge in [0, 0.05) is 19.3 Å². The molecule has 0 aliphatic rings. The SMILES string of the molecule is CNc1ncc(-c2cc(Cl)ncn2)s1. The maximum Gasteiger partial charge on any atom is 0.182 e. The number of nitrogens with zero attached hydrogens (tertiary/aromatic N) is 3. The van der Waals surface area contributed by atoms with E-state index in [1.807, 2.05) is 7.05 Å². The molecule has 0 aliphatic carbocycles. The van der Waals surface area contributed by atoms with E-state index in [0.717, 1.165) is 15.7 Å². The fourth-order valence-electron chi connectivity index (χ4n) is 0.976. The number of thiazole rings is 1. The van der Waals surface area contributed by atoms with Crippen molar-refractivity contribution in [2.24, 2.45) is 0 Å². The summed E-state index contributed by atoms with van der Waals surface area (Å²) in [5.41, 5.74) is 0.795. The zero-order valence-corrected chi connectivity index (χ0v) is 8.93. The Morgan fingerprint density at radius 1 is 1.36 bits per heavy atom. The molecule has 0 unspecified atom stereocenters. The minimum absolute atomic E-state index is 0.439. The highest BCUT2D eigenvalue weighted by Gasteiger charge is 2.04. The zero-order valence-electron chi connectivity index (χ0n) is 7.36. The van der Waals surface area contributed by atoms with Crippen molar-refractivity contribution < 1.29 is 0 Å². The molecule has 4 nitrogen and oxygen atoms in total. The normalized spacial score (nSPS) is 10.1. The summed E-state index contributed by atoms with van der Waals surface area (Å²) in [5.74, 6) is 0. The molecule has 2 heterocycles. The number of hydrogen-bond acceptors (Lipinski definition) is 5. The molecular formula is C8H7ClN4S. The maximum atomic E-state index is 5.75. The van der Waals surface area contributed by atoms with E-state index in [1.165, 1.54) is 17.7 Å². The second kappa shape index (κ2) is 3.89. The molecule has 0 radical (unpaired) electrons. The summed E-state index contributed by atoms with van der Waals surface area (Å²) in [4.78, 5) is 13.0. The Morgan fingerprint density at radius 3 is 2.86 bits per heavy atom. The number of rotatable bonds is 2. The summed E-state index contributed by atoms with van der Waals surface area (Å²) in [6.45, 7) is 0. The molecule has 0 saturated carbocycles. The second-order valence-corrected chi connectivity index (χ2v) is 3.92. The first-order chi connectivity index (χ1) is 6.79. The molecule has 0 amide bonds. The average molecular weight is 227 g/mol. The molecule has 2 aromatic heterocycles. The third-order valence-electron chi connectivity index (χ3n) is 1.61. The van der Waals surface area contributed by atoms with Crippen molar-refractivity contribution >= 4 is 28.1 Å². The van der Waals surface area contributed by atoms with Crippen molar-refractivity contribution in [3.05, 3.63) is 23.7 Å². The standard InChI is InChI=1S/C8H7ClN4S/c1-10-8-11-3-6(14-8)5-2-7(9)13-4-12-5/h2-4H,1H3,(H,10,11). The first-order valence-corrected chi connectivity index (χ1v) is 5.10. The first-order valence-electron chi connectivity index (χ1n) is 3.91. The lowest BCUT2D eigenvalue weighted by atomic mass is 10.4. The van der Waals surface area contributed by atoms with Crippen LogP contribution in [-0.2, 0) is 0 Å². The van der Waals surface area contributed by atoms with Crippen LogP contribution in [0.2, 0.25) is 5.15 Å². The van der Waals surface area contributed by atoms with Crippen LogP contribution in [0.5, 0.6) is 0 Å². The molecule has 6 heteroatoms. The van der Waals surface area contributed by atoms with E-state index in [0.29, 0.717) is 5.15 Å². The highest BCUT2D eigenvalue weighted by molar-refractivity contribution is 7.18. The Morgan fingerprint density at radius 2 is 2.21 bits per heavy atom. The van der Waals surface area contributed by atoms with Gasteiger partial charge >= 0.3 is 0 Å². The molecule has 14 heavy (non-hydrogen) atoms. The fourth-order valence-corrected chi connectivity index (χ4v) is 1.86. The maximum absolute atomic E-state index is 5.75. The number of halogens is 1. The smallest absolute Gasteiger partial charge is 0.182 e. The average Bonchev–Trinajstić information content (AvgIpc) is 2.66. The molecule has 0 fully saturated rings. The fraction of sp³-hybridized carbons (Fsp3) is 0.125. The Bertz CT molecular complexity index is 442. The Labute approximate surface area is 90.0 Å². The van der Waals surface area contributed by atoms with E-state index in [2.05, 4.69) is 20.3 Å². The van der Waals surface area contributed by atoms with Gasteiger partial charge in [0.15, 0.2) is 5.13 Å². The Hall–Kier alpha value is -1.20. The quantitative estimate of drug-likeness (QED) is 0.799. The summed E-state index contributed by atoms with van der Waals surface area (Å²) < 4.78 is 0. The molecule has 2 rings (SSSR count). The molecule has 1 N–H and O–H groups in total. The predicted molar refractivity (Wildman–Crippen MR) is 57.7 cm³/mol. The summed E-state index contributed by atoms with van der Waals surface area (Å²) in [5, 5.41) is 4.26. The van der Waals surface area contributed by atoms with E-state index >= 15 is 0 Å². The van der Waals surface area contributed by atoms with Crippen LogP contribution in [0.1, 0.15) is 0 Å². The third kappa shape index (κ3) is 1.83. The van der Waals surface area contributed by atoms with Gasteiger partial charge < -0.3 is 5.32 Å². The summed E-state index contributed by atoms with van der Waals surface area (Å²) >= 11 is 7.28. The van der Waals surface area contributed by atoms with Gasteiger partial charge in [-0.05, 0) is 0 Å². The van der Waals surface area contributed by atoms with Crippen LogP contribution in [0.15, 0.2) is 18.6 Å². The molecule has 0 aliphatic heterocycles. The van der Waals surface area contributed by atoms with Crippen LogP contribution in [0.4, 0.5) is 5.13 Å². The van der Waals surface area contributed by atoms with Crippen LogP contribution in [0, 0.1) is 0 Å². The minimum Gasteiger partial charge on any atom is -0.365 e. The molecule has 0 saturated heterocycles. The van der Waals surface area contributed by atoms with E-state index in [1.54, 1.807) is 12.3 Å². The second-order valence-electron chi connectivity index (χ2n) is 2.51. The number of anilines is 1. The van der Waals surface area contributed by atoms with Crippen LogP contribution in [-0.4, -0.2) is 22.0 Å². The van der Waals surface area contributed by atoms with Crippen molar-refractivity contribution in [3.8, 4) is 10.6 Å². The van der Waals surface area contributed by atoms with Gasteiger partial charge in [-0.25, -0.2) is 15.0 Å². The molecule has 0 bridgehead atoms. The molecule has 0 spiro atoms. The van der Waals surface area contributed by atoms with Gasteiger partial charge in [0.2, 0.25) is 0 Å². The van der Waals surface area contributed by atoms with Crippen LogP contribution in [0.25, 0.3) is 10.6 Å². The molecule has 0 atom stereocenters. The lowest BCUT2D eigenvalue weighted by Crippen LogP contribution is -1.83. The van der Waals surface area contributed by atoms with Crippen molar-refractivity contribution in [1.29, 1.82) is 0 Å². The molecule has 2 aromatic rings. The highest BCUT2D eigenvalue weighted by atomic mass is 35.5. The van der Waals surface area contributed by atoms with Crippen LogP contribution >= 0.6 is 22.9 Å². The minimum atomic E-state index is 0.439. The van der Waals surface area contributed by atoms with Gasteiger partial charge in [-0.2, -0.15) is 0 Å². The van der Waals surface area contributed by atoms with Crippen molar-refractivity contribution in [3.63, 3.8) is 0 Å². The van der Waals surface area contributed by atoms with Crippen molar-refractivity contribution in [2.45, 2.75) is 0 Å². The first kappa shape index (κ1) is 9.36. The highest BCUT2D eigenvalue weighted by Crippen LogP contribution is 2.27. The van der Waals surface area contributed by atoms with Crippen LogP contribution in [0.3, 0.4) is 0 Å². The summed E-state index contributed by atoms with van der Waals surface area (Å²) in [6, 6.07) is 1.72. The number of hydrogen-bond donors (Lipinski definition) is 1. The lowest BCUT2D eigenvalue weighted by molar-refractivity contribution is 1.17. The van der Waals surface area contributed by atoms with Gasteiger partial charge in [0.25, 0.3) is 0 Å². The largest absolute Gasteiger partial charge is 0.365 e. The van der Waals surface area contributed by atoms with Gasteiger partial charge in [-0.15, -0.1) is 0 Å². The molecule has 72 valence electrons. The topological polar surface area (TPSA) is 50.7 Å². The monoisotopic (exact) mass is 226 g/mol. The molecule has 0 aromatic carbocycles. The summed E-state index contributed by atoms with van der Waals surface area (Å²) in [7, 11) is 1.83. The van der Waals surface area contributed by atoms with Gasteiger partial charge in [0.1, 0.15) is 11.5 Å². The van der Waals surface area contributed by atoms with Gasteiger partial charge in [0.05, 0.1) is 10.6 Å². The number of aromatic nitrogens is 3. The van der Waals surface area contributed by atoms with Crippen LogP contribution < -0.4 is 5.32 Å². The Balaban J connectivity index is 2.39.